The minimum absolute atomic E-state index is 0. The van der Waals surface area contributed by atoms with Crippen LogP contribution in [0.25, 0.3) is 165 Å². The van der Waals surface area contributed by atoms with Crippen LogP contribution >= 0.6 is 0 Å². The molecule has 0 aliphatic heterocycles. The van der Waals surface area contributed by atoms with Crippen molar-refractivity contribution in [3.8, 4) is 67.2 Å². The van der Waals surface area contributed by atoms with Gasteiger partial charge in [-0.3, -0.25) is 0 Å². The first-order chi connectivity index (χ1) is 43.1. The van der Waals surface area contributed by atoms with Gasteiger partial charge in [0.1, 0.15) is 16.7 Å². The van der Waals surface area contributed by atoms with Crippen LogP contribution in [-0.4, -0.2) is 15.0 Å². The molecule has 0 radical (unpaired) electrons. The fraction of sp³-hybridized carbons (Fsp3) is 0. The normalized spacial score (nSPS) is 11.3. The van der Waals surface area contributed by atoms with E-state index in [9.17, 15) is 0 Å². The predicted octanol–water partition coefficient (Wildman–Crippen LogP) is 21.8. The van der Waals surface area contributed by atoms with E-state index in [1.165, 1.54) is 49.0 Å². The molecular weight excluding hydrogens is 1260 g/mol. The number of hydrogen-bond acceptors (Lipinski definition) is 6. The van der Waals surface area contributed by atoms with Crippen molar-refractivity contribution in [2.45, 2.75) is 0 Å². The largest absolute Gasteiger partial charge is 3.00 e. The van der Waals surface area contributed by atoms with Crippen molar-refractivity contribution in [2.24, 2.45) is 0 Å². The monoisotopic (exact) mass is 1300 g/mol. The third kappa shape index (κ3) is 10.0. The van der Waals surface area contributed by atoms with Gasteiger partial charge < -0.3 is 28.2 Å². The number of hydrogen-bond donors (Lipinski definition) is 0. The molecule has 0 saturated heterocycles. The zero-order valence-electron chi connectivity index (χ0n) is 47.1. The molecule has 0 unspecified atom stereocenters. The second-order valence-electron chi connectivity index (χ2n) is 21.6. The number of benzene rings is 12. The maximum atomic E-state index is 6.17. The smallest absolute Gasteiger partial charge is 0.501 e. The van der Waals surface area contributed by atoms with Crippen molar-refractivity contribution in [2.75, 3.05) is 0 Å². The molecule has 6 nitrogen and oxygen atoms in total. The van der Waals surface area contributed by atoms with Gasteiger partial charge in [-0.15, -0.1) is 54.6 Å². The van der Waals surface area contributed by atoms with Crippen molar-refractivity contribution < 1.29 is 33.4 Å². The van der Waals surface area contributed by atoms with Gasteiger partial charge in [0.15, 0.2) is 0 Å². The van der Waals surface area contributed by atoms with E-state index < -0.39 is 0 Å². The van der Waals surface area contributed by atoms with Crippen LogP contribution in [0.2, 0.25) is 0 Å². The van der Waals surface area contributed by atoms with Crippen LogP contribution in [0.15, 0.2) is 305 Å². The Labute approximate surface area is 520 Å². The van der Waals surface area contributed by atoms with Crippen LogP contribution in [0, 0.1) is 18.2 Å². The molecule has 0 saturated carbocycles. The second-order valence-corrected chi connectivity index (χ2v) is 21.6. The van der Waals surface area contributed by atoms with Crippen LogP contribution in [-0.2, 0) is 20.1 Å². The number of furan rings is 3. The summed E-state index contributed by atoms with van der Waals surface area (Å²) in [5.74, 6) is 0. The summed E-state index contributed by atoms with van der Waals surface area (Å²) in [4.78, 5) is 13.9. The minimum atomic E-state index is 0. The first-order valence-corrected chi connectivity index (χ1v) is 28.9. The first-order valence-electron chi connectivity index (χ1n) is 28.9. The van der Waals surface area contributed by atoms with Gasteiger partial charge >= 0.3 is 20.1 Å². The number of aromatic nitrogens is 3. The van der Waals surface area contributed by atoms with Gasteiger partial charge in [-0.05, 0) is 137 Å². The summed E-state index contributed by atoms with van der Waals surface area (Å²) in [7, 11) is 0. The first kappa shape index (κ1) is 53.6. The van der Waals surface area contributed by atoms with Gasteiger partial charge in [-0.25, -0.2) is 0 Å². The van der Waals surface area contributed by atoms with Crippen LogP contribution < -0.4 is 0 Å². The van der Waals surface area contributed by atoms with E-state index >= 15 is 0 Å². The van der Waals surface area contributed by atoms with E-state index in [-0.39, 0.29) is 20.1 Å². The molecule has 0 N–H and O–H groups in total. The molecule has 0 aliphatic carbocycles. The molecule has 414 valence electrons. The van der Waals surface area contributed by atoms with E-state index in [2.05, 4.69) is 215 Å². The molecule has 18 rings (SSSR count). The van der Waals surface area contributed by atoms with E-state index in [1.54, 1.807) is 0 Å². The third-order valence-electron chi connectivity index (χ3n) is 16.3. The summed E-state index contributed by atoms with van der Waals surface area (Å²) >= 11 is 0. The molecule has 0 atom stereocenters. The van der Waals surface area contributed by atoms with Gasteiger partial charge in [0.05, 0.1) is 16.7 Å². The van der Waals surface area contributed by atoms with Gasteiger partial charge in [0, 0.05) is 34.7 Å². The number of nitrogens with zero attached hydrogens (tertiary/aromatic N) is 3. The van der Waals surface area contributed by atoms with E-state index in [4.69, 9.17) is 13.3 Å². The second kappa shape index (κ2) is 23.1. The van der Waals surface area contributed by atoms with Gasteiger partial charge in [-0.2, -0.15) is 0 Å². The average molecular weight is 1300 g/mol. The molecular formula is C81H48IrN3O3. The SMILES string of the molecule is [Ir+3].[c-]1ccc2c(oc3ccccc32)c1-c1cc(-c2ccc3ccccc3c2)ccn1.[c-]1ccc2c(oc3ccccc32)c1-c1cc(-c2ccc3ccccc3c2)ccn1.[c-]1ccc2c(oc3ccccc32)c1-c1cc(-c2ccc3ccccc3c2)ccn1. The molecule has 7 heteroatoms. The predicted molar refractivity (Wildman–Crippen MR) is 356 cm³/mol. The van der Waals surface area contributed by atoms with Gasteiger partial charge in [0.25, 0.3) is 0 Å². The van der Waals surface area contributed by atoms with E-state index in [0.29, 0.717) is 0 Å². The molecule has 6 heterocycles. The number of pyridine rings is 3. The van der Waals surface area contributed by atoms with Crippen LogP contribution in [0.5, 0.6) is 0 Å². The zero-order valence-corrected chi connectivity index (χ0v) is 49.5. The van der Waals surface area contributed by atoms with Crippen molar-refractivity contribution in [3.05, 3.63) is 310 Å². The topological polar surface area (TPSA) is 78.1 Å². The molecule has 6 aromatic heterocycles. The minimum Gasteiger partial charge on any atom is -0.501 e. The molecule has 12 aromatic carbocycles. The van der Waals surface area contributed by atoms with Crippen LogP contribution in [0.3, 0.4) is 0 Å². The van der Waals surface area contributed by atoms with Crippen molar-refractivity contribution >= 4 is 98.1 Å². The number of rotatable bonds is 6. The molecule has 0 fully saturated rings. The summed E-state index contributed by atoms with van der Waals surface area (Å²) in [5.41, 5.74) is 17.3. The Morgan fingerprint density at radius 3 is 0.830 bits per heavy atom. The fourth-order valence-electron chi connectivity index (χ4n) is 12.0. The van der Waals surface area contributed by atoms with Crippen LogP contribution in [0.4, 0.5) is 0 Å². The van der Waals surface area contributed by atoms with E-state index in [0.717, 1.165) is 116 Å². The number of fused-ring (bicyclic) bond motifs is 12. The Morgan fingerprint density at radius 1 is 0.239 bits per heavy atom. The zero-order chi connectivity index (χ0) is 57.6. The molecule has 0 aliphatic rings. The summed E-state index contributed by atoms with van der Waals surface area (Å²) < 4.78 is 18.5. The Bertz CT molecular complexity index is 5090. The van der Waals surface area contributed by atoms with Gasteiger partial charge in [0.2, 0.25) is 0 Å². The Hall–Kier alpha value is -11.1. The summed E-state index contributed by atoms with van der Waals surface area (Å²) in [6, 6.07) is 104. The maximum absolute atomic E-state index is 6.17. The average Bonchev–Trinajstić information content (AvgIpc) is 1.95. The molecule has 88 heavy (non-hydrogen) atoms. The van der Waals surface area contributed by atoms with Gasteiger partial charge in [-0.1, -0.05) is 215 Å². The Balaban J connectivity index is 0.000000110. The van der Waals surface area contributed by atoms with Crippen molar-refractivity contribution in [1.29, 1.82) is 0 Å². The maximum Gasteiger partial charge on any atom is 3.00 e. The Morgan fingerprint density at radius 2 is 0.511 bits per heavy atom. The van der Waals surface area contributed by atoms with Crippen molar-refractivity contribution in [3.63, 3.8) is 0 Å². The number of para-hydroxylation sites is 3. The van der Waals surface area contributed by atoms with Crippen LogP contribution in [0.1, 0.15) is 0 Å². The summed E-state index contributed by atoms with van der Waals surface area (Å²) in [5, 5.41) is 14.0. The quantitative estimate of drug-likeness (QED) is 0.154. The molecule has 18 aromatic rings. The summed E-state index contributed by atoms with van der Waals surface area (Å²) in [6.07, 6.45) is 5.57. The van der Waals surface area contributed by atoms with E-state index in [1.807, 2.05) is 110 Å². The molecule has 0 amide bonds. The standard InChI is InChI=1S/3C27H16NO.Ir/c3*1-2-7-19-16-20(13-12-18(19)6-1)21-14-15-28-25(17-21)24-10-5-9-23-22-8-3-4-11-26(22)29-27(23)24;/h3*1-9,11-17H;/q3*-1;+3. The summed E-state index contributed by atoms with van der Waals surface area (Å²) in [6.45, 7) is 0. The molecule has 0 spiro atoms. The third-order valence-corrected chi connectivity index (χ3v) is 16.3. The van der Waals surface area contributed by atoms with Crippen molar-refractivity contribution in [1.82, 2.24) is 15.0 Å². The Kier molecular flexibility index (Phi) is 14.1. The molecule has 0 bridgehead atoms. The fourth-order valence-corrected chi connectivity index (χ4v) is 12.0.